The van der Waals surface area contributed by atoms with Crippen LogP contribution in [-0.2, 0) is 13.6 Å². The number of hydrogen-bond acceptors (Lipinski definition) is 3. The highest BCUT2D eigenvalue weighted by molar-refractivity contribution is 6.42. The Kier molecular flexibility index (Phi) is 3.97. The molecule has 5 nitrogen and oxygen atoms in total. The standard InChI is InChI=1S/C12H12Cl2N4O/c1-18-11(15)8(6-17-18)5-16-12(19)7-2-3-9(13)10(14)4-7/h2-4,6H,5,15H2,1H3,(H,16,19). The molecule has 0 saturated carbocycles. The van der Waals surface area contributed by atoms with Crippen molar-refractivity contribution >= 4 is 34.9 Å². The average molecular weight is 299 g/mol. The first kappa shape index (κ1) is 13.7. The number of nitrogens with one attached hydrogen (secondary N) is 1. The number of anilines is 1. The monoisotopic (exact) mass is 298 g/mol. The maximum absolute atomic E-state index is 11.9. The Labute approximate surface area is 120 Å². The van der Waals surface area contributed by atoms with Gasteiger partial charge in [0.2, 0.25) is 0 Å². The zero-order valence-electron chi connectivity index (χ0n) is 10.2. The Morgan fingerprint density at radius 2 is 2.16 bits per heavy atom. The molecule has 0 aliphatic carbocycles. The van der Waals surface area contributed by atoms with Crippen LogP contribution in [0.25, 0.3) is 0 Å². The molecule has 2 rings (SSSR count). The van der Waals surface area contributed by atoms with Crippen molar-refractivity contribution in [2.45, 2.75) is 6.54 Å². The highest BCUT2D eigenvalue weighted by Gasteiger charge is 2.10. The molecule has 0 spiro atoms. The minimum atomic E-state index is -0.248. The van der Waals surface area contributed by atoms with Crippen molar-refractivity contribution in [3.8, 4) is 0 Å². The van der Waals surface area contributed by atoms with E-state index in [0.29, 0.717) is 28.0 Å². The molecular formula is C12H12Cl2N4O. The van der Waals surface area contributed by atoms with Crippen LogP contribution in [0.3, 0.4) is 0 Å². The van der Waals surface area contributed by atoms with Gasteiger partial charge in [-0.05, 0) is 18.2 Å². The van der Waals surface area contributed by atoms with Crippen LogP contribution >= 0.6 is 23.2 Å². The molecule has 0 atom stereocenters. The third-order valence-corrected chi connectivity index (χ3v) is 3.42. The van der Waals surface area contributed by atoms with Crippen molar-refractivity contribution < 1.29 is 4.79 Å². The normalized spacial score (nSPS) is 10.5. The van der Waals surface area contributed by atoms with Crippen LogP contribution < -0.4 is 11.1 Å². The molecule has 100 valence electrons. The summed E-state index contributed by atoms with van der Waals surface area (Å²) in [4.78, 5) is 11.9. The van der Waals surface area contributed by atoms with E-state index in [0.717, 1.165) is 5.56 Å². The molecule has 1 aromatic heterocycles. The molecule has 0 saturated heterocycles. The van der Waals surface area contributed by atoms with E-state index in [4.69, 9.17) is 28.9 Å². The van der Waals surface area contributed by atoms with Gasteiger partial charge in [0.1, 0.15) is 5.82 Å². The van der Waals surface area contributed by atoms with E-state index < -0.39 is 0 Å². The number of aryl methyl sites for hydroxylation is 1. The van der Waals surface area contributed by atoms with Gasteiger partial charge in [-0.15, -0.1) is 0 Å². The molecule has 0 bridgehead atoms. The Bertz CT molecular complexity index is 624. The van der Waals surface area contributed by atoms with E-state index in [9.17, 15) is 4.79 Å². The van der Waals surface area contributed by atoms with Gasteiger partial charge >= 0.3 is 0 Å². The van der Waals surface area contributed by atoms with E-state index in [2.05, 4.69) is 10.4 Å². The average Bonchev–Trinajstić information content (AvgIpc) is 2.70. The Balaban J connectivity index is 2.05. The Hall–Kier alpha value is -1.72. The van der Waals surface area contributed by atoms with Crippen molar-refractivity contribution in [1.29, 1.82) is 0 Å². The van der Waals surface area contributed by atoms with Crippen LogP contribution in [0.5, 0.6) is 0 Å². The summed E-state index contributed by atoms with van der Waals surface area (Å²) in [5.74, 6) is 0.274. The van der Waals surface area contributed by atoms with Gasteiger partial charge in [0.25, 0.3) is 5.91 Å². The quantitative estimate of drug-likeness (QED) is 0.913. The fourth-order valence-corrected chi connectivity index (χ4v) is 1.84. The summed E-state index contributed by atoms with van der Waals surface area (Å²) in [5, 5.41) is 7.49. The van der Waals surface area contributed by atoms with Gasteiger partial charge in [0, 0.05) is 24.7 Å². The number of benzene rings is 1. The number of rotatable bonds is 3. The highest BCUT2D eigenvalue weighted by atomic mass is 35.5. The van der Waals surface area contributed by atoms with Crippen LogP contribution in [0.2, 0.25) is 10.0 Å². The van der Waals surface area contributed by atoms with Crippen molar-refractivity contribution in [2.75, 3.05) is 5.73 Å². The number of aromatic nitrogens is 2. The van der Waals surface area contributed by atoms with Gasteiger partial charge in [-0.1, -0.05) is 23.2 Å². The van der Waals surface area contributed by atoms with Crippen LogP contribution in [0.1, 0.15) is 15.9 Å². The van der Waals surface area contributed by atoms with Gasteiger partial charge in [-0.2, -0.15) is 5.10 Å². The highest BCUT2D eigenvalue weighted by Crippen LogP contribution is 2.22. The van der Waals surface area contributed by atoms with Crippen molar-refractivity contribution in [3.63, 3.8) is 0 Å². The number of amides is 1. The lowest BCUT2D eigenvalue weighted by molar-refractivity contribution is 0.0951. The summed E-state index contributed by atoms with van der Waals surface area (Å²) in [5.41, 5.74) is 6.98. The second-order valence-electron chi connectivity index (χ2n) is 3.99. The fourth-order valence-electron chi connectivity index (χ4n) is 1.54. The SMILES string of the molecule is Cn1ncc(CNC(=O)c2ccc(Cl)c(Cl)c2)c1N. The van der Waals surface area contributed by atoms with E-state index in [1.165, 1.54) is 6.07 Å². The van der Waals surface area contributed by atoms with Crippen LogP contribution in [0.15, 0.2) is 24.4 Å². The number of carbonyl (C=O) groups excluding carboxylic acids is 1. The molecule has 7 heteroatoms. The summed E-state index contributed by atoms with van der Waals surface area (Å²) in [6.45, 7) is 0.304. The first-order valence-electron chi connectivity index (χ1n) is 5.48. The predicted molar refractivity (Wildman–Crippen MR) is 75.3 cm³/mol. The largest absolute Gasteiger partial charge is 0.384 e. The number of carbonyl (C=O) groups is 1. The zero-order valence-corrected chi connectivity index (χ0v) is 11.7. The maximum atomic E-state index is 11.9. The first-order chi connectivity index (χ1) is 8.99. The molecule has 0 radical (unpaired) electrons. The molecular weight excluding hydrogens is 287 g/mol. The minimum absolute atomic E-state index is 0.248. The van der Waals surface area contributed by atoms with Gasteiger partial charge in [0.05, 0.1) is 16.2 Å². The minimum Gasteiger partial charge on any atom is -0.384 e. The van der Waals surface area contributed by atoms with E-state index in [1.807, 2.05) is 0 Å². The van der Waals surface area contributed by atoms with Gasteiger partial charge < -0.3 is 11.1 Å². The number of nitrogens with two attached hydrogens (primary N) is 1. The summed E-state index contributed by atoms with van der Waals surface area (Å²) in [6, 6.07) is 4.71. The Morgan fingerprint density at radius 3 is 2.74 bits per heavy atom. The number of nitrogens with zero attached hydrogens (tertiary/aromatic N) is 2. The van der Waals surface area contributed by atoms with Gasteiger partial charge in [-0.25, -0.2) is 0 Å². The van der Waals surface area contributed by atoms with E-state index in [1.54, 1.807) is 30.1 Å². The molecule has 0 aliphatic rings. The molecule has 2 aromatic rings. The molecule has 1 heterocycles. The molecule has 1 amide bonds. The van der Waals surface area contributed by atoms with Crippen molar-refractivity contribution in [1.82, 2.24) is 15.1 Å². The third kappa shape index (κ3) is 3.00. The van der Waals surface area contributed by atoms with Crippen LogP contribution in [0.4, 0.5) is 5.82 Å². The van der Waals surface area contributed by atoms with Gasteiger partial charge in [0.15, 0.2) is 0 Å². The lowest BCUT2D eigenvalue weighted by Crippen LogP contribution is -2.23. The molecule has 3 N–H and O–H groups in total. The summed E-state index contributed by atoms with van der Waals surface area (Å²) in [6.07, 6.45) is 1.62. The number of halogens is 2. The Morgan fingerprint density at radius 1 is 1.42 bits per heavy atom. The molecule has 19 heavy (non-hydrogen) atoms. The van der Waals surface area contributed by atoms with Crippen LogP contribution in [-0.4, -0.2) is 15.7 Å². The lowest BCUT2D eigenvalue weighted by Gasteiger charge is -2.06. The topological polar surface area (TPSA) is 72.9 Å². The van der Waals surface area contributed by atoms with E-state index >= 15 is 0 Å². The second kappa shape index (κ2) is 5.50. The molecule has 1 aromatic carbocycles. The summed E-state index contributed by atoms with van der Waals surface area (Å²) < 4.78 is 1.54. The number of nitrogen functional groups attached to an aromatic ring is 1. The molecule has 0 aliphatic heterocycles. The second-order valence-corrected chi connectivity index (χ2v) is 4.80. The smallest absolute Gasteiger partial charge is 0.251 e. The zero-order chi connectivity index (χ0) is 14.0. The van der Waals surface area contributed by atoms with Crippen LogP contribution in [0, 0.1) is 0 Å². The van der Waals surface area contributed by atoms with Gasteiger partial charge in [-0.3, -0.25) is 9.48 Å². The third-order valence-electron chi connectivity index (χ3n) is 2.69. The predicted octanol–water partition coefficient (Wildman–Crippen LogP) is 2.24. The van der Waals surface area contributed by atoms with Crippen molar-refractivity contribution in [2.24, 2.45) is 7.05 Å². The summed E-state index contributed by atoms with van der Waals surface area (Å²) in [7, 11) is 1.74. The summed E-state index contributed by atoms with van der Waals surface area (Å²) >= 11 is 11.6. The van der Waals surface area contributed by atoms with E-state index in [-0.39, 0.29) is 5.91 Å². The first-order valence-corrected chi connectivity index (χ1v) is 6.24. The molecule has 0 unspecified atom stereocenters. The lowest BCUT2D eigenvalue weighted by atomic mass is 10.2. The fraction of sp³-hybridized carbons (Fsp3) is 0.167. The maximum Gasteiger partial charge on any atom is 0.251 e. The van der Waals surface area contributed by atoms with Crippen molar-refractivity contribution in [3.05, 3.63) is 45.6 Å². The number of hydrogen-bond donors (Lipinski definition) is 2. The molecule has 0 fully saturated rings.